The average molecular weight is 499 g/mol. The van der Waals surface area contributed by atoms with Crippen LogP contribution in [0.2, 0.25) is 0 Å². The van der Waals surface area contributed by atoms with Gasteiger partial charge >= 0.3 is 0 Å². The van der Waals surface area contributed by atoms with Crippen LogP contribution in [0.25, 0.3) is 0 Å². The molecule has 1 amide bonds. The molecule has 0 saturated heterocycles. The van der Waals surface area contributed by atoms with Gasteiger partial charge in [-0.15, -0.1) is 11.3 Å². The molecule has 0 bridgehead atoms. The maximum Gasteiger partial charge on any atom is 0.278 e. The third-order valence-corrected chi connectivity index (χ3v) is 8.20. The van der Waals surface area contributed by atoms with Crippen LogP contribution in [0.5, 0.6) is 5.19 Å². The largest absolute Gasteiger partial charge is 0.464 e. The number of nitrogens with one attached hydrogen (secondary N) is 1. The highest BCUT2D eigenvalue weighted by Crippen LogP contribution is 2.32. The van der Waals surface area contributed by atoms with Crippen molar-refractivity contribution in [3.05, 3.63) is 26.7 Å². The zero-order chi connectivity index (χ0) is 23.4. The summed E-state index contributed by atoms with van der Waals surface area (Å²) in [6, 6.07) is 0.273. The summed E-state index contributed by atoms with van der Waals surface area (Å²) in [4.78, 5) is 24.7. The predicted molar refractivity (Wildman–Crippen MR) is 126 cm³/mol. The van der Waals surface area contributed by atoms with Crippen LogP contribution in [0.3, 0.4) is 0 Å². The lowest BCUT2D eigenvalue weighted by atomic mass is 9.84. The van der Waals surface area contributed by atoms with Gasteiger partial charge in [0.1, 0.15) is 0 Å². The molecule has 1 aliphatic heterocycles. The average Bonchev–Trinajstić information content (AvgIpc) is 3.36. The fourth-order valence-electron chi connectivity index (χ4n) is 4.56. The Hall–Kier alpha value is -1.65. The lowest BCUT2D eigenvalue weighted by Gasteiger charge is -2.32. The van der Waals surface area contributed by atoms with Gasteiger partial charge in [-0.2, -0.15) is 0 Å². The maximum absolute atomic E-state index is 13.0. The fraction of sp³-hybridized carbons (Fsp3) is 0.696. The van der Waals surface area contributed by atoms with Crippen molar-refractivity contribution in [1.82, 2.24) is 20.2 Å². The number of thiazole rings is 2. The zero-order valence-electron chi connectivity index (χ0n) is 19.2. The van der Waals surface area contributed by atoms with Crippen LogP contribution < -0.4 is 10.1 Å². The van der Waals surface area contributed by atoms with Crippen LogP contribution >= 0.6 is 22.7 Å². The van der Waals surface area contributed by atoms with E-state index in [4.69, 9.17) is 4.74 Å². The molecule has 1 N–H and O–H groups in total. The molecular formula is C23H32F2N4O2S2. The van der Waals surface area contributed by atoms with Crippen molar-refractivity contribution < 1.29 is 18.3 Å². The first-order chi connectivity index (χ1) is 15.7. The van der Waals surface area contributed by atoms with Crippen molar-refractivity contribution in [3.8, 4) is 5.19 Å². The Balaban J connectivity index is 1.15. The Morgan fingerprint density at radius 2 is 2.09 bits per heavy atom. The van der Waals surface area contributed by atoms with Gasteiger partial charge in [0.2, 0.25) is 5.91 Å². The van der Waals surface area contributed by atoms with Gasteiger partial charge in [-0.25, -0.2) is 18.7 Å². The van der Waals surface area contributed by atoms with Crippen molar-refractivity contribution in [2.45, 2.75) is 77.3 Å². The summed E-state index contributed by atoms with van der Waals surface area (Å²) < 4.78 is 31.2. The number of carbonyl (C=O) groups is 1. The van der Waals surface area contributed by atoms with Crippen LogP contribution in [0.15, 0.2) is 5.38 Å². The van der Waals surface area contributed by atoms with Crippen LogP contribution in [-0.4, -0.2) is 52.4 Å². The molecule has 4 rings (SSSR count). The molecule has 3 heterocycles. The molecular weight excluding hydrogens is 466 g/mol. The molecule has 0 aromatic carbocycles. The normalized spacial score (nSPS) is 21.6. The third kappa shape index (κ3) is 7.42. The highest BCUT2D eigenvalue weighted by atomic mass is 32.1. The van der Waals surface area contributed by atoms with E-state index in [1.807, 2.05) is 12.3 Å². The van der Waals surface area contributed by atoms with Crippen LogP contribution in [-0.2, 0) is 24.2 Å². The van der Waals surface area contributed by atoms with Crippen molar-refractivity contribution in [2.75, 3.05) is 19.7 Å². The van der Waals surface area contributed by atoms with Crippen molar-refractivity contribution in [2.24, 2.45) is 5.92 Å². The third-order valence-electron chi connectivity index (χ3n) is 6.31. The van der Waals surface area contributed by atoms with E-state index in [1.165, 1.54) is 11.3 Å². The van der Waals surface area contributed by atoms with Crippen molar-refractivity contribution in [1.29, 1.82) is 0 Å². The van der Waals surface area contributed by atoms with Gasteiger partial charge in [0.05, 0.1) is 22.8 Å². The topological polar surface area (TPSA) is 67.4 Å². The molecule has 2 aromatic heterocycles. The quantitative estimate of drug-likeness (QED) is 0.547. The molecule has 10 heteroatoms. The Morgan fingerprint density at radius 1 is 1.30 bits per heavy atom. The number of hydrogen-bond acceptors (Lipinski definition) is 7. The SMILES string of the molecule is Cc1nc(CC(=O)NC2CCC(CCN3CCc4sc(OCC(C)(F)F)nc4C3)CC2)cs1. The van der Waals surface area contributed by atoms with E-state index in [2.05, 4.69) is 20.2 Å². The molecule has 6 nitrogen and oxygen atoms in total. The minimum absolute atomic E-state index is 0.0714. The summed E-state index contributed by atoms with van der Waals surface area (Å²) in [6.07, 6.45) is 6.75. The first-order valence-corrected chi connectivity index (χ1v) is 13.3. The summed E-state index contributed by atoms with van der Waals surface area (Å²) in [5, 5.41) is 6.49. The monoisotopic (exact) mass is 498 g/mol. The molecule has 0 atom stereocenters. The lowest BCUT2D eigenvalue weighted by Crippen LogP contribution is -2.39. The molecule has 2 aliphatic rings. The standard InChI is InChI=1S/C23H32F2N4O2S2/c1-15-26-18(13-32-15)11-21(30)27-17-5-3-16(4-6-17)7-9-29-10-8-20-19(12-29)28-22(33-20)31-14-23(2,24)25/h13,16-17H,3-12,14H2,1-2H3,(H,27,30). The first-order valence-electron chi connectivity index (χ1n) is 11.7. The van der Waals surface area contributed by atoms with Crippen molar-refractivity contribution in [3.63, 3.8) is 0 Å². The lowest BCUT2D eigenvalue weighted by molar-refractivity contribution is -0.121. The van der Waals surface area contributed by atoms with E-state index >= 15 is 0 Å². The van der Waals surface area contributed by atoms with E-state index in [0.29, 0.717) is 17.5 Å². The summed E-state index contributed by atoms with van der Waals surface area (Å²) in [6.45, 7) is 4.93. The van der Waals surface area contributed by atoms with Crippen molar-refractivity contribution >= 4 is 28.6 Å². The van der Waals surface area contributed by atoms with Gasteiger partial charge in [0.15, 0.2) is 6.61 Å². The molecule has 33 heavy (non-hydrogen) atoms. The van der Waals surface area contributed by atoms with Crippen LogP contribution in [0, 0.1) is 12.8 Å². The number of aryl methyl sites for hydroxylation is 1. The Kier molecular flexibility index (Phi) is 7.96. The second-order valence-corrected chi connectivity index (χ2v) is 11.5. The molecule has 1 fully saturated rings. The highest BCUT2D eigenvalue weighted by molar-refractivity contribution is 7.13. The van der Waals surface area contributed by atoms with Gasteiger partial charge in [0, 0.05) is 36.3 Å². The molecule has 0 spiro atoms. The Labute approximate surface area is 201 Å². The Bertz CT molecular complexity index is 935. The van der Waals surface area contributed by atoms with Gasteiger partial charge in [-0.1, -0.05) is 11.3 Å². The summed E-state index contributed by atoms with van der Waals surface area (Å²) in [7, 11) is 0. The minimum Gasteiger partial charge on any atom is -0.464 e. The maximum atomic E-state index is 13.0. The highest BCUT2D eigenvalue weighted by Gasteiger charge is 2.27. The number of rotatable bonds is 9. The smallest absolute Gasteiger partial charge is 0.278 e. The van der Waals surface area contributed by atoms with E-state index in [1.54, 1.807) is 11.3 Å². The number of ether oxygens (including phenoxy) is 1. The minimum atomic E-state index is -2.85. The van der Waals surface area contributed by atoms with Gasteiger partial charge in [0.25, 0.3) is 11.1 Å². The predicted octanol–water partition coefficient (Wildman–Crippen LogP) is 4.61. The molecule has 0 unspecified atom stereocenters. The molecule has 0 radical (unpaired) electrons. The number of amides is 1. The zero-order valence-corrected chi connectivity index (χ0v) is 20.9. The van der Waals surface area contributed by atoms with Gasteiger partial charge < -0.3 is 10.1 Å². The van der Waals surface area contributed by atoms with E-state index < -0.39 is 12.5 Å². The second-order valence-electron chi connectivity index (χ2n) is 9.34. The van der Waals surface area contributed by atoms with Crippen LogP contribution in [0.1, 0.15) is 60.3 Å². The molecule has 182 valence electrons. The van der Waals surface area contributed by atoms with Gasteiger partial charge in [-0.3, -0.25) is 9.69 Å². The summed E-state index contributed by atoms with van der Waals surface area (Å²) in [5.74, 6) is -2.09. The number of alkyl halides is 2. The van der Waals surface area contributed by atoms with Gasteiger partial charge in [-0.05, 0) is 57.9 Å². The first kappa shape index (κ1) is 24.5. The number of fused-ring (bicyclic) bond motifs is 1. The summed E-state index contributed by atoms with van der Waals surface area (Å²) in [5.41, 5.74) is 1.83. The van der Waals surface area contributed by atoms with Crippen LogP contribution in [0.4, 0.5) is 8.78 Å². The van der Waals surface area contributed by atoms with E-state index in [-0.39, 0.29) is 11.9 Å². The number of nitrogens with zero attached hydrogens (tertiary/aromatic N) is 3. The number of carbonyl (C=O) groups excluding carboxylic acids is 1. The number of aromatic nitrogens is 2. The fourth-order valence-corrected chi connectivity index (χ4v) is 6.08. The molecule has 2 aromatic rings. The second kappa shape index (κ2) is 10.7. The number of halogens is 2. The molecule has 1 saturated carbocycles. The van der Waals surface area contributed by atoms with E-state index in [9.17, 15) is 13.6 Å². The number of hydrogen-bond donors (Lipinski definition) is 1. The molecule has 1 aliphatic carbocycles. The summed E-state index contributed by atoms with van der Waals surface area (Å²) >= 11 is 2.98. The van der Waals surface area contributed by atoms with E-state index in [0.717, 1.165) is 86.4 Å². The Morgan fingerprint density at radius 3 is 2.79 bits per heavy atom.